The van der Waals surface area contributed by atoms with Gasteiger partial charge in [-0.3, -0.25) is 4.79 Å². The fourth-order valence-electron chi connectivity index (χ4n) is 3.96. The van der Waals surface area contributed by atoms with E-state index in [9.17, 15) is 14.7 Å². The van der Waals surface area contributed by atoms with Crippen molar-refractivity contribution in [2.75, 3.05) is 6.54 Å². The van der Waals surface area contributed by atoms with Gasteiger partial charge in [0.2, 0.25) is 0 Å². The largest absolute Gasteiger partial charge is 0.480 e. The van der Waals surface area contributed by atoms with Gasteiger partial charge >= 0.3 is 5.97 Å². The Morgan fingerprint density at radius 1 is 1.08 bits per heavy atom. The van der Waals surface area contributed by atoms with Crippen LogP contribution in [0, 0.1) is 0 Å². The molecule has 6 nitrogen and oxygen atoms in total. The van der Waals surface area contributed by atoms with Crippen molar-refractivity contribution in [3.8, 4) is 5.69 Å². The molecule has 0 unspecified atom stereocenters. The lowest BCUT2D eigenvalue weighted by atomic mass is 10.0. The molecule has 1 aliphatic heterocycles. The van der Waals surface area contributed by atoms with Crippen molar-refractivity contribution < 1.29 is 14.7 Å². The topological polar surface area (TPSA) is 75.4 Å². The molecule has 25 heavy (non-hydrogen) atoms. The molecule has 1 fully saturated rings. The SMILES string of the molecule is O=C(O)[C@H]1CCCCN1C(=O)c1nn(-c2ccccc2)c2c1CCC2. The van der Waals surface area contributed by atoms with Crippen LogP contribution in [0.25, 0.3) is 5.69 Å². The van der Waals surface area contributed by atoms with E-state index in [1.54, 1.807) is 0 Å². The third kappa shape index (κ3) is 2.71. The molecule has 130 valence electrons. The Morgan fingerprint density at radius 3 is 2.64 bits per heavy atom. The number of aliphatic carboxylic acids is 1. The Bertz CT molecular complexity index is 813. The molecular formula is C19H21N3O3. The summed E-state index contributed by atoms with van der Waals surface area (Å²) in [5.41, 5.74) is 3.44. The molecule has 4 rings (SSSR count). The molecule has 1 atom stereocenters. The van der Waals surface area contributed by atoms with E-state index in [2.05, 4.69) is 5.10 Å². The lowest BCUT2D eigenvalue weighted by molar-refractivity contribution is -0.143. The second-order valence-corrected chi connectivity index (χ2v) is 6.72. The van der Waals surface area contributed by atoms with Crippen LogP contribution in [0.2, 0.25) is 0 Å². The van der Waals surface area contributed by atoms with Crippen LogP contribution in [0.4, 0.5) is 0 Å². The van der Waals surface area contributed by atoms with Gasteiger partial charge in [0, 0.05) is 17.8 Å². The molecule has 1 saturated heterocycles. The van der Waals surface area contributed by atoms with E-state index in [0.29, 0.717) is 18.7 Å². The van der Waals surface area contributed by atoms with Gasteiger partial charge in [-0.2, -0.15) is 5.10 Å². The number of amides is 1. The zero-order valence-corrected chi connectivity index (χ0v) is 14.0. The predicted octanol–water partition coefficient (Wildman–Crippen LogP) is 2.44. The summed E-state index contributed by atoms with van der Waals surface area (Å²) in [5, 5.41) is 14.1. The van der Waals surface area contributed by atoms with Gasteiger partial charge in [-0.15, -0.1) is 0 Å². The number of likely N-dealkylation sites (tertiary alicyclic amines) is 1. The van der Waals surface area contributed by atoms with Crippen molar-refractivity contribution in [1.29, 1.82) is 0 Å². The Balaban J connectivity index is 1.73. The van der Waals surface area contributed by atoms with E-state index < -0.39 is 12.0 Å². The van der Waals surface area contributed by atoms with Crippen LogP contribution in [0.1, 0.15) is 47.4 Å². The van der Waals surface area contributed by atoms with Crippen molar-refractivity contribution in [2.45, 2.75) is 44.6 Å². The standard InChI is InChI=1S/C19H21N3O3/c23-18(21-12-5-4-10-16(21)19(24)25)17-14-9-6-11-15(14)22(20-17)13-7-2-1-3-8-13/h1-3,7-8,16H,4-6,9-12H2,(H,24,25)/t16-/m1/s1. The zero-order valence-electron chi connectivity index (χ0n) is 14.0. The van der Waals surface area contributed by atoms with Crippen molar-refractivity contribution >= 4 is 11.9 Å². The van der Waals surface area contributed by atoms with Crippen LogP contribution in [-0.4, -0.2) is 44.3 Å². The van der Waals surface area contributed by atoms with E-state index in [0.717, 1.165) is 49.0 Å². The van der Waals surface area contributed by atoms with E-state index in [4.69, 9.17) is 0 Å². The Labute approximate surface area is 146 Å². The molecule has 6 heteroatoms. The predicted molar refractivity (Wildman–Crippen MR) is 91.9 cm³/mol. The highest BCUT2D eigenvalue weighted by atomic mass is 16.4. The first-order chi connectivity index (χ1) is 12.2. The number of carbonyl (C=O) groups excluding carboxylic acids is 1. The molecule has 1 aliphatic carbocycles. The normalized spacial score (nSPS) is 19.7. The van der Waals surface area contributed by atoms with Crippen molar-refractivity contribution in [3.05, 3.63) is 47.3 Å². The number of nitrogens with zero attached hydrogens (tertiary/aromatic N) is 3. The van der Waals surface area contributed by atoms with Gasteiger partial charge in [0.15, 0.2) is 5.69 Å². The number of aromatic nitrogens is 2. The fraction of sp³-hybridized carbons (Fsp3) is 0.421. The second kappa shape index (κ2) is 6.35. The maximum absolute atomic E-state index is 13.1. The van der Waals surface area contributed by atoms with Crippen LogP contribution in [0.15, 0.2) is 30.3 Å². The van der Waals surface area contributed by atoms with Crippen molar-refractivity contribution in [1.82, 2.24) is 14.7 Å². The summed E-state index contributed by atoms with van der Waals surface area (Å²) < 4.78 is 1.86. The molecule has 0 saturated carbocycles. The van der Waals surface area contributed by atoms with Crippen LogP contribution >= 0.6 is 0 Å². The van der Waals surface area contributed by atoms with E-state index in [1.807, 2.05) is 35.0 Å². The zero-order chi connectivity index (χ0) is 17.4. The lowest BCUT2D eigenvalue weighted by Gasteiger charge is -2.32. The van der Waals surface area contributed by atoms with Gasteiger partial charge in [0.05, 0.1) is 5.69 Å². The second-order valence-electron chi connectivity index (χ2n) is 6.72. The summed E-state index contributed by atoms with van der Waals surface area (Å²) in [6, 6.07) is 9.06. The first-order valence-corrected chi connectivity index (χ1v) is 8.87. The highest BCUT2D eigenvalue weighted by molar-refractivity contribution is 5.96. The molecular weight excluding hydrogens is 318 g/mol. The minimum Gasteiger partial charge on any atom is -0.480 e. The minimum atomic E-state index is -0.924. The highest BCUT2D eigenvalue weighted by Crippen LogP contribution is 2.30. The summed E-state index contributed by atoms with van der Waals surface area (Å²) in [7, 11) is 0. The summed E-state index contributed by atoms with van der Waals surface area (Å²) in [5.74, 6) is -1.16. The summed E-state index contributed by atoms with van der Waals surface area (Å²) in [6.07, 6.45) is 4.93. The van der Waals surface area contributed by atoms with Crippen LogP contribution < -0.4 is 0 Å². The number of fused-ring (bicyclic) bond motifs is 1. The lowest BCUT2D eigenvalue weighted by Crippen LogP contribution is -2.48. The van der Waals surface area contributed by atoms with Gasteiger partial charge < -0.3 is 10.0 Å². The number of carboxylic acids is 1. The van der Waals surface area contributed by atoms with Gasteiger partial charge in [-0.05, 0) is 50.7 Å². The molecule has 0 spiro atoms. The van der Waals surface area contributed by atoms with Crippen LogP contribution in [0.3, 0.4) is 0 Å². The molecule has 1 amide bonds. The number of benzene rings is 1. The molecule has 0 bridgehead atoms. The third-order valence-corrected chi connectivity index (χ3v) is 5.18. The molecule has 2 aliphatic rings. The first kappa shape index (κ1) is 15.9. The smallest absolute Gasteiger partial charge is 0.326 e. The minimum absolute atomic E-state index is 0.236. The Hall–Kier alpha value is -2.63. The van der Waals surface area contributed by atoms with Gasteiger partial charge in [-0.25, -0.2) is 9.48 Å². The van der Waals surface area contributed by atoms with Gasteiger partial charge in [-0.1, -0.05) is 18.2 Å². The average molecular weight is 339 g/mol. The maximum Gasteiger partial charge on any atom is 0.326 e. The monoisotopic (exact) mass is 339 g/mol. The first-order valence-electron chi connectivity index (χ1n) is 8.87. The summed E-state index contributed by atoms with van der Waals surface area (Å²) >= 11 is 0. The number of carboxylic acid groups (broad SMARTS) is 1. The third-order valence-electron chi connectivity index (χ3n) is 5.18. The maximum atomic E-state index is 13.1. The van der Waals surface area contributed by atoms with Crippen LogP contribution in [0.5, 0.6) is 0 Å². The molecule has 1 aromatic carbocycles. The summed E-state index contributed by atoms with van der Waals surface area (Å²) in [4.78, 5) is 26.1. The fourth-order valence-corrected chi connectivity index (χ4v) is 3.96. The van der Waals surface area contributed by atoms with E-state index in [1.165, 1.54) is 4.90 Å². The van der Waals surface area contributed by atoms with E-state index in [-0.39, 0.29) is 5.91 Å². The number of carbonyl (C=O) groups is 2. The summed E-state index contributed by atoms with van der Waals surface area (Å²) in [6.45, 7) is 0.489. The van der Waals surface area contributed by atoms with Gasteiger partial charge in [0.25, 0.3) is 5.91 Å². The molecule has 2 aromatic rings. The molecule has 2 heterocycles. The number of hydrogen-bond acceptors (Lipinski definition) is 3. The molecule has 1 N–H and O–H groups in total. The van der Waals surface area contributed by atoms with E-state index >= 15 is 0 Å². The number of hydrogen-bond donors (Lipinski definition) is 1. The van der Waals surface area contributed by atoms with Gasteiger partial charge in [0.1, 0.15) is 6.04 Å². The van der Waals surface area contributed by atoms with Crippen molar-refractivity contribution in [3.63, 3.8) is 0 Å². The number of para-hydroxylation sites is 1. The van der Waals surface area contributed by atoms with Crippen molar-refractivity contribution in [2.24, 2.45) is 0 Å². The quantitative estimate of drug-likeness (QED) is 0.932. The number of rotatable bonds is 3. The Kier molecular flexibility index (Phi) is 4.03. The van der Waals surface area contributed by atoms with Crippen LogP contribution in [-0.2, 0) is 17.6 Å². The highest BCUT2D eigenvalue weighted by Gasteiger charge is 2.36. The molecule has 0 radical (unpaired) electrons. The molecule has 1 aromatic heterocycles. The Morgan fingerprint density at radius 2 is 1.88 bits per heavy atom. The number of piperidine rings is 1. The average Bonchev–Trinajstić information content (AvgIpc) is 3.24.